The molecule has 2 heterocycles. The highest BCUT2D eigenvalue weighted by molar-refractivity contribution is 6.31. The van der Waals surface area contributed by atoms with Crippen LogP contribution in [0.1, 0.15) is 17.2 Å². The molecule has 26 heavy (non-hydrogen) atoms. The molecular formula is C19H10ClFN2O3. The molecule has 0 spiro atoms. The average molecular weight is 369 g/mol. The van der Waals surface area contributed by atoms with Gasteiger partial charge in [-0.25, -0.2) is 4.39 Å². The van der Waals surface area contributed by atoms with Crippen LogP contribution in [0.4, 0.5) is 4.39 Å². The Hall–Kier alpha value is -3.30. The van der Waals surface area contributed by atoms with Gasteiger partial charge in [-0.05, 0) is 24.3 Å². The number of rotatable bonds is 1. The second-order valence-corrected chi connectivity index (χ2v) is 6.09. The number of fused-ring (bicyclic) bond motifs is 2. The van der Waals surface area contributed by atoms with E-state index >= 15 is 0 Å². The minimum absolute atomic E-state index is 0.00310. The van der Waals surface area contributed by atoms with Crippen LogP contribution in [-0.2, 0) is 0 Å². The van der Waals surface area contributed by atoms with Crippen LogP contribution in [0.2, 0.25) is 5.02 Å². The van der Waals surface area contributed by atoms with Crippen LogP contribution in [0.15, 0.2) is 63.1 Å². The van der Waals surface area contributed by atoms with E-state index in [1.165, 1.54) is 18.2 Å². The third-order valence-electron chi connectivity index (χ3n) is 4.22. The topological polar surface area (TPSA) is 89.2 Å². The third-order valence-corrected chi connectivity index (χ3v) is 4.55. The van der Waals surface area contributed by atoms with Crippen molar-refractivity contribution in [2.75, 3.05) is 0 Å². The zero-order chi connectivity index (χ0) is 18.4. The smallest absolute Gasteiger partial charge is 0.235 e. The fraction of sp³-hybridized carbons (Fsp3) is 0.0526. The first-order chi connectivity index (χ1) is 12.5. The molecule has 1 aliphatic heterocycles. The number of nitriles is 1. The monoisotopic (exact) mass is 368 g/mol. The summed E-state index contributed by atoms with van der Waals surface area (Å²) in [5, 5.41) is 9.90. The van der Waals surface area contributed by atoms with Gasteiger partial charge >= 0.3 is 0 Å². The van der Waals surface area contributed by atoms with E-state index in [-0.39, 0.29) is 44.5 Å². The number of benzene rings is 2. The lowest BCUT2D eigenvalue weighted by Gasteiger charge is -2.25. The summed E-state index contributed by atoms with van der Waals surface area (Å²) in [5.74, 6) is -2.20. The lowest BCUT2D eigenvalue weighted by Crippen LogP contribution is -2.26. The number of ether oxygens (including phenoxy) is 1. The van der Waals surface area contributed by atoms with Crippen molar-refractivity contribution >= 4 is 22.6 Å². The second kappa shape index (κ2) is 5.90. The van der Waals surface area contributed by atoms with E-state index < -0.39 is 17.2 Å². The maximum atomic E-state index is 14.6. The molecule has 0 saturated heterocycles. The van der Waals surface area contributed by atoms with E-state index in [0.717, 1.165) is 0 Å². The largest absolute Gasteiger partial charge is 0.456 e. The second-order valence-electron chi connectivity index (χ2n) is 5.68. The molecule has 3 aromatic rings. The summed E-state index contributed by atoms with van der Waals surface area (Å²) in [6.45, 7) is 0. The Kier molecular flexibility index (Phi) is 3.67. The van der Waals surface area contributed by atoms with Gasteiger partial charge in [-0.15, -0.1) is 0 Å². The van der Waals surface area contributed by atoms with Gasteiger partial charge in [0.2, 0.25) is 17.1 Å². The van der Waals surface area contributed by atoms with Crippen LogP contribution in [0.3, 0.4) is 0 Å². The number of para-hydroxylation sites is 1. The zero-order valence-electron chi connectivity index (χ0n) is 13.1. The van der Waals surface area contributed by atoms with Crippen LogP contribution in [-0.4, -0.2) is 0 Å². The highest BCUT2D eigenvalue weighted by atomic mass is 35.5. The first kappa shape index (κ1) is 16.2. The van der Waals surface area contributed by atoms with Gasteiger partial charge in [-0.3, -0.25) is 4.79 Å². The molecule has 0 radical (unpaired) electrons. The summed E-state index contributed by atoms with van der Waals surface area (Å²) >= 11 is 6.18. The standard InChI is InChI=1S/C19H10ClFN2O3/c20-11-5-3-6-12(21)15(11)14-10(8-22)19(23)26-18-16(24)9-4-1-2-7-13(9)25-17(14)18/h1-7,14H,23H2. The summed E-state index contributed by atoms with van der Waals surface area (Å²) in [5.41, 5.74) is 5.58. The molecule has 0 aliphatic carbocycles. The Morgan fingerprint density at radius 2 is 1.96 bits per heavy atom. The molecule has 0 fully saturated rings. The summed E-state index contributed by atoms with van der Waals surface area (Å²) in [7, 11) is 0. The first-order valence-electron chi connectivity index (χ1n) is 7.60. The van der Waals surface area contributed by atoms with E-state index in [9.17, 15) is 14.4 Å². The van der Waals surface area contributed by atoms with Gasteiger partial charge in [-0.2, -0.15) is 5.26 Å². The van der Waals surface area contributed by atoms with Crippen LogP contribution in [0.25, 0.3) is 11.0 Å². The van der Waals surface area contributed by atoms with Gasteiger partial charge in [0.05, 0.1) is 11.3 Å². The molecule has 0 bridgehead atoms. The van der Waals surface area contributed by atoms with Gasteiger partial charge in [0, 0.05) is 10.6 Å². The molecule has 4 rings (SSSR count). The third kappa shape index (κ3) is 2.25. The molecule has 7 heteroatoms. The van der Waals surface area contributed by atoms with E-state index in [0.29, 0.717) is 0 Å². The van der Waals surface area contributed by atoms with E-state index in [1.807, 2.05) is 6.07 Å². The molecule has 2 N–H and O–H groups in total. The number of allylic oxidation sites excluding steroid dienone is 1. The average Bonchev–Trinajstić information content (AvgIpc) is 2.63. The molecule has 2 aromatic carbocycles. The van der Waals surface area contributed by atoms with Crippen LogP contribution in [0.5, 0.6) is 5.75 Å². The number of hydrogen-bond donors (Lipinski definition) is 1. The molecule has 1 aliphatic rings. The number of nitrogens with zero attached hydrogens (tertiary/aromatic N) is 1. The van der Waals surface area contributed by atoms with Crippen LogP contribution in [0, 0.1) is 17.1 Å². The Morgan fingerprint density at radius 1 is 1.19 bits per heavy atom. The fourth-order valence-corrected chi connectivity index (χ4v) is 3.32. The summed E-state index contributed by atoms with van der Waals surface area (Å²) in [4.78, 5) is 12.8. The fourth-order valence-electron chi connectivity index (χ4n) is 3.05. The highest BCUT2D eigenvalue weighted by Gasteiger charge is 2.38. The van der Waals surface area contributed by atoms with Gasteiger partial charge in [0.15, 0.2) is 5.76 Å². The lowest BCUT2D eigenvalue weighted by molar-refractivity contribution is 0.353. The molecule has 5 nitrogen and oxygen atoms in total. The zero-order valence-corrected chi connectivity index (χ0v) is 13.9. The van der Waals surface area contributed by atoms with Crippen LogP contribution >= 0.6 is 11.6 Å². The molecule has 1 unspecified atom stereocenters. The summed E-state index contributed by atoms with van der Waals surface area (Å²) < 4.78 is 25.8. The Morgan fingerprint density at radius 3 is 2.69 bits per heavy atom. The predicted molar refractivity (Wildman–Crippen MR) is 93.2 cm³/mol. The van der Waals surface area contributed by atoms with Gasteiger partial charge in [-0.1, -0.05) is 29.8 Å². The Labute approximate surface area is 151 Å². The molecule has 0 amide bonds. The Balaban J connectivity index is 2.12. The van der Waals surface area contributed by atoms with Crippen molar-refractivity contribution in [3.63, 3.8) is 0 Å². The maximum Gasteiger partial charge on any atom is 0.235 e. The Bertz CT molecular complexity index is 1170. The first-order valence-corrected chi connectivity index (χ1v) is 7.98. The maximum absolute atomic E-state index is 14.6. The van der Waals surface area contributed by atoms with E-state index in [2.05, 4.69) is 0 Å². The van der Waals surface area contributed by atoms with Crippen molar-refractivity contribution in [3.8, 4) is 11.8 Å². The quantitative estimate of drug-likeness (QED) is 0.705. The minimum Gasteiger partial charge on any atom is -0.456 e. The predicted octanol–water partition coefficient (Wildman–Crippen LogP) is 3.80. The van der Waals surface area contributed by atoms with E-state index in [4.69, 9.17) is 26.5 Å². The van der Waals surface area contributed by atoms with Crippen molar-refractivity contribution in [3.05, 3.63) is 86.3 Å². The normalized spacial score (nSPS) is 16.1. The van der Waals surface area contributed by atoms with Crippen molar-refractivity contribution < 1.29 is 13.5 Å². The van der Waals surface area contributed by atoms with Crippen molar-refractivity contribution in [1.29, 1.82) is 5.26 Å². The number of nitrogens with two attached hydrogens (primary N) is 1. The molecular weight excluding hydrogens is 359 g/mol. The summed E-state index contributed by atoms with van der Waals surface area (Å²) in [6, 6.07) is 12.6. The van der Waals surface area contributed by atoms with Crippen molar-refractivity contribution in [2.45, 2.75) is 5.92 Å². The van der Waals surface area contributed by atoms with Gasteiger partial charge in [0.25, 0.3) is 0 Å². The van der Waals surface area contributed by atoms with Crippen molar-refractivity contribution in [2.24, 2.45) is 5.73 Å². The SMILES string of the molecule is N#CC1=C(N)Oc2c(oc3ccccc3c2=O)C1c1c(F)cccc1Cl. The van der Waals surface area contributed by atoms with E-state index in [1.54, 1.807) is 24.3 Å². The number of halogens is 2. The van der Waals surface area contributed by atoms with Crippen LogP contribution < -0.4 is 15.9 Å². The molecule has 0 saturated carbocycles. The molecule has 1 aromatic heterocycles. The molecule has 128 valence electrons. The van der Waals surface area contributed by atoms with Gasteiger partial charge in [0.1, 0.15) is 23.0 Å². The number of hydrogen-bond acceptors (Lipinski definition) is 5. The minimum atomic E-state index is -1.09. The lowest BCUT2D eigenvalue weighted by atomic mass is 9.87. The highest BCUT2D eigenvalue weighted by Crippen LogP contribution is 2.44. The van der Waals surface area contributed by atoms with Crippen molar-refractivity contribution in [1.82, 2.24) is 0 Å². The molecule has 1 atom stereocenters. The summed E-state index contributed by atoms with van der Waals surface area (Å²) in [6.07, 6.45) is 0. The van der Waals surface area contributed by atoms with Gasteiger partial charge < -0.3 is 14.9 Å².